The van der Waals surface area contributed by atoms with Gasteiger partial charge in [-0.25, -0.2) is 0 Å². The van der Waals surface area contributed by atoms with Gasteiger partial charge in [-0.15, -0.1) is 0 Å². The average Bonchev–Trinajstić information content (AvgIpc) is 2.21. The number of aliphatic carboxylic acids is 1. The van der Waals surface area contributed by atoms with Gasteiger partial charge in [-0.05, 0) is 68.1 Å². The standard InChI is InChI=1S/C14H22O2/c1-8(14(15)16)2-13-11-4-9-3-10(6-11)7-12(13)5-9/h8-13H,2-7H2,1H3,(H,15,16). The summed E-state index contributed by atoms with van der Waals surface area (Å²) in [6.45, 7) is 1.88. The summed E-state index contributed by atoms with van der Waals surface area (Å²) in [7, 11) is 0. The lowest BCUT2D eigenvalue weighted by Gasteiger charge is -2.55. The van der Waals surface area contributed by atoms with Crippen molar-refractivity contribution < 1.29 is 9.90 Å². The Labute approximate surface area is 97.4 Å². The molecule has 1 N–H and O–H groups in total. The van der Waals surface area contributed by atoms with Crippen LogP contribution in [0.3, 0.4) is 0 Å². The summed E-state index contributed by atoms with van der Waals surface area (Å²) in [4.78, 5) is 11.0. The van der Waals surface area contributed by atoms with Crippen LogP contribution < -0.4 is 0 Å². The quantitative estimate of drug-likeness (QED) is 0.796. The number of carboxylic acids is 1. The molecule has 4 saturated carbocycles. The normalized spacial score (nSPS) is 46.9. The van der Waals surface area contributed by atoms with Crippen molar-refractivity contribution in [2.45, 2.75) is 45.4 Å². The molecule has 4 aliphatic rings. The molecule has 4 aliphatic carbocycles. The maximum atomic E-state index is 11.0. The topological polar surface area (TPSA) is 37.3 Å². The van der Waals surface area contributed by atoms with Crippen LogP contribution in [0.15, 0.2) is 0 Å². The van der Waals surface area contributed by atoms with Crippen LogP contribution in [-0.4, -0.2) is 11.1 Å². The summed E-state index contributed by atoms with van der Waals surface area (Å²) >= 11 is 0. The minimum Gasteiger partial charge on any atom is -0.481 e. The van der Waals surface area contributed by atoms with Gasteiger partial charge < -0.3 is 5.11 Å². The van der Waals surface area contributed by atoms with E-state index in [0.717, 1.165) is 36.0 Å². The highest BCUT2D eigenvalue weighted by molar-refractivity contribution is 5.69. The molecule has 4 bridgehead atoms. The Morgan fingerprint density at radius 1 is 1.12 bits per heavy atom. The van der Waals surface area contributed by atoms with Gasteiger partial charge in [0.1, 0.15) is 0 Å². The Bertz CT molecular complexity index is 269. The van der Waals surface area contributed by atoms with Crippen LogP contribution in [0.2, 0.25) is 0 Å². The number of hydrogen-bond donors (Lipinski definition) is 1. The van der Waals surface area contributed by atoms with Crippen LogP contribution >= 0.6 is 0 Å². The molecule has 1 atom stereocenters. The molecular formula is C14H22O2. The second kappa shape index (κ2) is 3.75. The number of hydrogen-bond acceptors (Lipinski definition) is 1. The zero-order valence-electron chi connectivity index (χ0n) is 10.1. The number of carbonyl (C=O) groups is 1. The van der Waals surface area contributed by atoms with E-state index >= 15 is 0 Å². The third-order valence-corrected chi connectivity index (χ3v) is 5.47. The molecule has 1 unspecified atom stereocenters. The van der Waals surface area contributed by atoms with E-state index in [2.05, 4.69) is 0 Å². The largest absolute Gasteiger partial charge is 0.481 e. The Hall–Kier alpha value is -0.530. The number of rotatable bonds is 3. The fraction of sp³-hybridized carbons (Fsp3) is 0.929. The Balaban J connectivity index is 1.70. The second-order valence-corrected chi connectivity index (χ2v) is 6.57. The zero-order chi connectivity index (χ0) is 11.3. The van der Waals surface area contributed by atoms with E-state index < -0.39 is 5.97 Å². The fourth-order valence-corrected chi connectivity index (χ4v) is 4.93. The molecule has 90 valence electrons. The van der Waals surface area contributed by atoms with Crippen LogP contribution in [0.5, 0.6) is 0 Å². The second-order valence-electron chi connectivity index (χ2n) is 6.57. The van der Waals surface area contributed by atoms with E-state index in [-0.39, 0.29) is 5.92 Å². The van der Waals surface area contributed by atoms with E-state index in [0.29, 0.717) is 0 Å². The molecule has 0 aromatic rings. The molecule has 0 heterocycles. The fourth-order valence-electron chi connectivity index (χ4n) is 4.93. The van der Waals surface area contributed by atoms with E-state index in [1.54, 1.807) is 0 Å². The van der Waals surface area contributed by atoms with Gasteiger partial charge in [-0.1, -0.05) is 6.92 Å². The van der Waals surface area contributed by atoms with Crippen molar-refractivity contribution >= 4 is 5.97 Å². The van der Waals surface area contributed by atoms with Gasteiger partial charge in [-0.2, -0.15) is 0 Å². The first kappa shape index (κ1) is 10.6. The van der Waals surface area contributed by atoms with Gasteiger partial charge in [0.2, 0.25) is 0 Å². The van der Waals surface area contributed by atoms with Crippen molar-refractivity contribution in [2.75, 3.05) is 0 Å². The van der Waals surface area contributed by atoms with Crippen molar-refractivity contribution in [1.82, 2.24) is 0 Å². The van der Waals surface area contributed by atoms with E-state index in [9.17, 15) is 4.79 Å². The Kier molecular flexibility index (Phi) is 2.49. The lowest BCUT2D eigenvalue weighted by molar-refractivity contribution is -0.143. The highest BCUT2D eigenvalue weighted by Gasteiger charge is 2.48. The van der Waals surface area contributed by atoms with E-state index in [4.69, 9.17) is 5.11 Å². The Morgan fingerprint density at radius 3 is 2.06 bits per heavy atom. The van der Waals surface area contributed by atoms with Crippen molar-refractivity contribution in [2.24, 2.45) is 35.5 Å². The summed E-state index contributed by atoms with van der Waals surface area (Å²) in [6, 6.07) is 0. The van der Waals surface area contributed by atoms with Crippen LogP contribution in [0.4, 0.5) is 0 Å². The third kappa shape index (κ3) is 1.66. The first-order chi connectivity index (χ1) is 7.63. The predicted molar refractivity (Wildman–Crippen MR) is 62.0 cm³/mol. The minimum atomic E-state index is -0.603. The molecule has 0 aromatic heterocycles. The molecule has 4 rings (SSSR count). The first-order valence-corrected chi connectivity index (χ1v) is 6.86. The molecule has 0 aromatic carbocycles. The van der Waals surface area contributed by atoms with Crippen LogP contribution in [0.1, 0.15) is 45.4 Å². The van der Waals surface area contributed by atoms with Crippen molar-refractivity contribution in [3.8, 4) is 0 Å². The zero-order valence-corrected chi connectivity index (χ0v) is 10.1. The maximum Gasteiger partial charge on any atom is 0.306 e. The van der Waals surface area contributed by atoms with Gasteiger partial charge in [0, 0.05) is 0 Å². The van der Waals surface area contributed by atoms with Crippen LogP contribution in [0.25, 0.3) is 0 Å². The van der Waals surface area contributed by atoms with E-state index in [1.165, 1.54) is 32.1 Å². The summed E-state index contributed by atoms with van der Waals surface area (Å²) in [6.07, 6.45) is 8.04. The molecule has 16 heavy (non-hydrogen) atoms. The monoisotopic (exact) mass is 222 g/mol. The van der Waals surface area contributed by atoms with E-state index in [1.807, 2.05) is 6.92 Å². The molecule has 4 fully saturated rings. The van der Waals surface area contributed by atoms with Crippen LogP contribution in [0, 0.1) is 35.5 Å². The first-order valence-electron chi connectivity index (χ1n) is 6.86. The maximum absolute atomic E-state index is 11.0. The molecule has 0 amide bonds. The van der Waals surface area contributed by atoms with Crippen molar-refractivity contribution in [3.05, 3.63) is 0 Å². The summed E-state index contributed by atoms with van der Waals surface area (Å²) in [5.74, 6) is 3.74. The van der Waals surface area contributed by atoms with Gasteiger partial charge in [0.15, 0.2) is 0 Å². The molecular weight excluding hydrogens is 200 g/mol. The van der Waals surface area contributed by atoms with Gasteiger partial charge >= 0.3 is 5.97 Å². The summed E-state index contributed by atoms with van der Waals surface area (Å²) in [5.41, 5.74) is 0. The lowest BCUT2D eigenvalue weighted by Crippen LogP contribution is -2.45. The molecule has 0 aliphatic heterocycles. The smallest absolute Gasteiger partial charge is 0.306 e. The average molecular weight is 222 g/mol. The lowest BCUT2D eigenvalue weighted by atomic mass is 9.51. The van der Waals surface area contributed by atoms with Gasteiger partial charge in [-0.3, -0.25) is 4.79 Å². The molecule has 0 saturated heterocycles. The Morgan fingerprint density at radius 2 is 1.62 bits per heavy atom. The minimum absolute atomic E-state index is 0.137. The highest BCUT2D eigenvalue weighted by Crippen LogP contribution is 2.57. The van der Waals surface area contributed by atoms with Gasteiger partial charge in [0.25, 0.3) is 0 Å². The van der Waals surface area contributed by atoms with Gasteiger partial charge in [0.05, 0.1) is 5.92 Å². The highest BCUT2D eigenvalue weighted by atomic mass is 16.4. The molecule has 0 spiro atoms. The predicted octanol–water partition coefficient (Wildman–Crippen LogP) is 3.17. The van der Waals surface area contributed by atoms with Crippen molar-refractivity contribution in [1.29, 1.82) is 0 Å². The summed E-state index contributed by atoms with van der Waals surface area (Å²) in [5, 5.41) is 9.04. The SMILES string of the molecule is CC(CC1C2CC3CC(C2)CC1C3)C(=O)O. The summed E-state index contributed by atoms with van der Waals surface area (Å²) < 4.78 is 0. The van der Waals surface area contributed by atoms with Crippen molar-refractivity contribution in [3.63, 3.8) is 0 Å². The number of carboxylic acid groups (broad SMARTS) is 1. The van der Waals surface area contributed by atoms with Crippen LogP contribution in [-0.2, 0) is 4.79 Å². The molecule has 2 heteroatoms. The third-order valence-electron chi connectivity index (χ3n) is 5.47. The molecule has 2 nitrogen and oxygen atoms in total. The molecule has 0 radical (unpaired) electrons.